The summed E-state index contributed by atoms with van der Waals surface area (Å²) in [6, 6.07) is 0. The van der Waals surface area contributed by atoms with Gasteiger partial charge < -0.3 is 5.32 Å². The highest BCUT2D eigenvalue weighted by molar-refractivity contribution is 7.89. The summed E-state index contributed by atoms with van der Waals surface area (Å²) in [5.74, 6) is 0.529. The highest BCUT2D eigenvalue weighted by Crippen LogP contribution is 2.33. The second-order valence-electron chi connectivity index (χ2n) is 5.51. The van der Waals surface area contributed by atoms with Crippen LogP contribution in [0.3, 0.4) is 0 Å². The first kappa shape index (κ1) is 15.9. The Hall–Kier alpha value is -0.430. The lowest BCUT2D eigenvalue weighted by Gasteiger charge is -2.18. The number of nitrogens with zero attached hydrogens (tertiary/aromatic N) is 1. The summed E-state index contributed by atoms with van der Waals surface area (Å²) >= 11 is 1.53. The molecule has 1 N–H and O–H groups in total. The zero-order valence-electron chi connectivity index (χ0n) is 12.5. The third-order valence-electron chi connectivity index (χ3n) is 3.87. The largest absolute Gasteiger partial charge is 0.315 e. The summed E-state index contributed by atoms with van der Waals surface area (Å²) in [5.41, 5.74) is 0.874. The fraction of sp³-hybridized carbons (Fsp3) is 0.714. The van der Waals surface area contributed by atoms with Gasteiger partial charge in [-0.25, -0.2) is 8.42 Å². The number of thiophene rings is 1. The van der Waals surface area contributed by atoms with Crippen molar-refractivity contribution in [2.45, 2.75) is 44.6 Å². The number of aryl methyl sites for hydroxylation is 1. The molecule has 6 heteroatoms. The van der Waals surface area contributed by atoms with Crippen LogP contribution in [0, 0.1) is 12.8 Å². The van der Waals surface area contributed by atoms with E-state index in [1.807, 2.05) is 19.4 Å². The molecule has 1 aliphatic rings. The number of nitrogens with one attached hydrogen (secondary N) is 1. The molecule has 1 aliphatic heterocycles. The molecule has 0 aromatic carbocycles. The molecule has 2 heterocycles. The summed E-state index contributed by atoms with van der Waals surface area (Å²) in [6.45, 7) is 6.01. The maximum Gasteiger partial charge on any atom is 0.244 e. The lowest BCUT2D eigenvalue weighted by atomic mass is 10.0. The van der Waals surface area contributed by atoms with Crippen LogP contribution in [0.4, 0.5) is 0 Å². The highest BCUT2D eigenvalue weighted by atomic mass is 32.2. The molecule has 0 amide bonds. The molecule has 1 aromatic heterocycles. The quantitative estimate of drug-likeness (QED) is 0.877. The minimum absolute atomic E-state index is 0.529. The first-order valence-electron chi connectivity index (χ1n) is 7.22. The summed E-state index contributed by atoms with van der Waals surface area (Å²) in [7, 11) is -1.48. The van der Waals surface area contributed by atoms with E-state index >= 15 is 0 Å². The average molecular weight is 316 g/mol. The van der Waals surface area contributed by atoms with E-state index in [1.165, 1.54) is 11.3 Å². The fourth-order valence-corrected chi connectivity index (χ4v) is 6.21. The van der Waals surface area contributed by atoms with Crippen LogP contribution in [0.5, 0.6) is 0 Å². The van der Waals surface area contributed by atoms with Crippen molar-refractivity contribution in [3.05, 3.63) is 15.8 Å². The van der Waals surface area contributed by atoms with E-state index < -0.39 is 10.0 Å². The van der Waals surface area contributed by atoms with Gasteiger partial charge in [0.2, 0.25) is 10.0 Å². The number of rotatable bonds is 6. The van der Waals surface area contributed by atoms with Gasteiger partial charge in [0.05, 0.1) is 0 Å². The van der Waals surface area contributed by atoms with Gasteiger partial charge in [-0.1, -0.05) is 13.3 Å². The smallest absolute Gasteiger partial charge is 0.244 e. The molecule has 0 spiro atoms. The van der Waals surface area contributed by atoms with Crippen molar-refractivity contribution in [2.24, 2.45) is 5.92 Å². The fourth-order valence-electron chi connectivity index (χ4n) is 2.90. The van der Waals surface area contributed by atoms with Crippen LogP contribution >= 0.6 is 11.3 Å². The Morgan fingerprint density at radius 1 is 1.50 bits per heavy atom. The van der Waals surface area contributed by atoms with Crippen molar-refractivity contribution >= 4 is 21.4 Å². The first-order valence-corrected chi connectivity index (χ1v) is 9.54. The summed E-state index contributed by atoms with van der Waals surface area (Å²) in [6.07, 6.45) is 3.25. The predicted molar refractivity (Wildman–Crippen MR) is 83.6 cm³/mol. The number of sulfonamides is 1. The van der Waals surface area contributed by atoms with E-state index in [1.54, 1.807) is 4.31 Å². The lowest BCUT2D eigenvalue weighted by Crippen LogP contribution is -2.30. The second-order valence-corrected chi connectivity index (χ2v) is 8.35. The third-order valence-corrected chi connectivity index (χ3v) is 7.20. The molecule has 1 atom stereocenters. The van der Waals surface area contributed by atoms with Gasteiger partial charge in [-0.05, 0) is 43.7 Å². The molecular weight excluding hydrogens is 292 g/mol. The van der Waals surface area contributed by atoms with Crippen molar-refractivity contribution in [1.29, 1.82) is 0 Å². The zero-order chi connectivity index (χ0) is 14.8. The van der Waals surface area contributed by atoms with Gasteiger partial charge in [0.15, 0.2) is 0 Å². The molecule has 0 saturated carbocycles. The molecule has 0 radical (unpaired) electrons. The van der Waals surface area contributed by atoms with Crippen molar-refractivity contribution < 1.29 is 8.42 Å². The molecule has 1 aromatic rings. The van der Waals surface area contributed by atoms with Crippen LogP contribution in [0.25, 0.3) is 0 Å². The zero-order valence-corrected chi connectivity index (χ0v) is 14.1. The Kier molecular flexibility index (Phi) is 5.23. The summed E-state index contributed by atoms with van der Waals surface area (Å²) in [5, 5.41) is 5.00. The Bertz CT molecular complexity index is 552. The van der Waals surface area contributed by atoms with Crippen molar-refractivity contribution in [3.8, 4) is 0 Å². The van der Waals surface area contributed by atoms with E-state index in [4.69, 9.17) is 0 Å². The lowest BCUT2D eigenvalue weighted by molar-refractivity contribution is 0.444. The van der Waals surface area contributed by atoms with Gasteiger partial charge in [0.25, 0.3) is 0 Å². The van der Waals surface area contributed by atoms with Gasteiger partial charge in [-0.15, -0.1) is 11.3 Å². The molecule has 114 valence electrons. The molecular formula is C14H24N2O2S2. The molecule has 1 saturated heterocycles. The van der Waals surface area contributed by atoms with Crippen molar-refractivity contribution in [3.63, 3.8) is 0 Å². The summed E-state index contributed by atoms with van der Waals surface area (Å²) < 4.78 is 27.4. The molecule has 0 bridgehead atoms. The molecule has 20 heavy (non-hydrogen) atoms. The number of hydrogen-bond donors (Lipinski definition) is 1. The minimum atomic E-state index is -3.33. The standard InChI is InChI=1S/C14H24N2O2S2/c1-4-5-12-6-7-16(9-12)20(17,18)14-11(2)10-19-13(14)8-15-3/h10,12,15H,4-9H2,1-3H3. The van der Waals surface area contributed by atoms with Gasteiger partial charge in [-0.2, -0.15) is 4.31 Å². The predicted octanol–water partition coefficient (Wildman–Crippen LogP) is 2.59. The van der Waals surface area contributed by atoms with E-state index in [9.17, 15) is 8.42 Å². The maximum atomic E-state index is 12.9. The van der Waals surface area contributed by atoms with Gasteiger partial charge in [-0.3, -0.25) is 0 Å². The molecule has 2 rings (SSSR count). The van der Waals surface area contributed by atoms with Crippen LogP contribution in [-0.4, -0.2) is 32.9 Å². The summed E-state index contributed by atoms with van der Waals surface area (Å²) in [4.78, 5) is 1.46. The Labute approximate surface area is 126 Å². The van der Waals surface area contributed by atoms with Crippen molar-refractivity contribution in [2.75, 3.05) is 20.1 Å². The Morgan fingerprint density at radius 2 is 2.25 bits per heavy atom. The van der Waals surface area contributed by atoms with Gasteiger partial charge >= 0.3 is 0 Å². The topological polar surface area (TPSA) is 49.4 Å². The Balaban J connectivity index is 2.25. The SMILES string of the molecule is CCCC1CCN(S(=O)(=O)c2c(C)csc2CNC)C1. The molecule has 4 nitrogen and oxygen atoms in total. The second kappa shape index (κ2) is 6.56. The van der Waals surface area contributed by atoms with Gasteiger partial charge in [0, 0.05) is 24.5 Å². The third kappa shape index (κ3) is 3.08. The number of hydrogen-bond acceptors (Lipinski definition) is 4. The van der Waals surface area contributed by atoms with E-state index in [-0.39, 0.29) is 0 Å². The molecule has 0 aliphatic carbocycles. The molecule has 1 fully saturated rings. The van der Waals surface area contributed by atoms with E-state index in [2.05, 4.69) is 12.2 Å². The first-order chi connectivity index (χ1) is 9.50. The minimum Gasteiger partial charge on any atom is -0.315 e. The van der Waals surface area contributed by atoms with Crippen LogP contribution in [0.2, 0.25) is 0 Å². The van der Waals surface area contributed by atoms with Crippen LogP contribution in [0.15, 0.2) is 10.3 Å². The van der Waals surface area contributed by atoms with Gasteiger partial charge in [0.1, 0.15) is 4.90 Å². The van der Waals surface area contributed by atoms with E-state index in [0.717, 1.165) is 29.7 Å². The Morgan fingerprint density at radius 3 is 2.90 bits per heavy atom. The highest BCUT2D eigenvalue weighted by Gasteiger charge is 2.34. The van der Waals surface area contributed by atoms with Crippen LogP contribution < -0.4 is 5.32 Å². The average Bonchev–Trinajstić information content (AvgIpc) is 2.98. The normalized spacial score (nSPS) is 20.6. The van der Waals surface area contributed by atoms with Crippen LogP contribution in [0.1, 0.15) is 36.6 Å². The van der Waals surface area contributed by atoms with E-state index in [0.29, 0.717) is 30.4 Å². The van der Waals surface area contributed by atoms with Crippen LogP contribution in [-0.2, 0) is 16.6 Å². The monoisotopic (exact) mass is 316 g/mol. The maximum absolute atomic E-state index is 12.9. The molecule has 1 unspecified atom stereocenters. The van der Waals surface area contributed by atoms with Crippen molar-refractivity contribution in [1.82, 2.24) is 9.62 Å².